The van der Waals surface area contributed by atoms with E-state index in [1.807, 2.05) is 0 Å². The second-order valence-corrected chi connectivity index (χ2v) is 4.55. The summed E-state index contributed by atoms with van der Waals surface area (Å²) in [4.78, 5) is 22.7. The Morgan fingerprint density at radius 1 is 1.46 bits per heavy atom. The van der Waals surface area contributed by atoms with Gasteiger partial charge in [-0.1, -0.05) is 0 Å². The van der Waals surface area contributed by atoms with E-state index in [-0.39, 0.29) is 11.7 Å². The lowest BCUT2D eigenvalue weighted by Gasteiger charge is -2.11. The zero-order chi connectivity index (χ0) is 10.6. The number of carbonyl (C=O) groups excluding carboxylic acids is 1. The zero-order valence-electron chi connectivity index (χ0n) is 7.81. The summed E-state index contributed by atoms with van der Waals surface area (Å²) < 4.78 is 11.2. The van der Waals surface area contributed by atoms with Crippen LogP contribution in [0.2, 0.25) is 0 Å². The van der Waals surface area contributed by atoms with Gasteiger partial charge in [0.2, 0.25) is 5.91 Å². The van der Waals surface area contributed by atoms with E-state index in [0.29, 0.717) is 0 Å². The van der Waals surface area contributed by atoms with Gasteiger partial charge in [0.15, 0.2) is 0 Å². The smallest absolute Gasteiger partial charge is 0.318 e. The molecule has 0 saturated carbocycles. The van der Waals surface area contributed by atoms with Crippen LogP contribution < -0.4 is 0 Å². The van der Waals surface area contributed by atoms with Crippen molar-refractivity contribution < 1.29 is 18.9 Å². The Morgan fingerprint density at radius 2 is 1.92 bits per heavy atom. The zero-order valence-corrected chi connectivity index (χ0v) is 8.63. The van der Waals surface area contributed by atoms with Crippen LogP contribution in [0.25, 0.3) is 0 Å². The molecule has 0 aromatic carbocycles. The van der Waals surface area contributed by atoms with E-state index >= 15 is 0 Å². The third-order valence-electron chi connectivity index (χ3n) is 1.51. The lowest BCUT2D eigenvalue weighted by atomic mass is 10.5. The average Bonchev–Trinajstić information content (AvgIpc) is 2.02. The molecule has 0 aromatic rings. The van der Waals surface area contributed by atoms with Crippen molar-refractivity contribution in [3.05, 3.63) is 0 Å². The van der Waals surface area contributed by atoms with Gasteiger partial charge in [-0.05, 0) is 6.92 Å². The maximum atomic E-state index is 11.2. The van der Waals surface area contributed by atoms with Gasteiger partial charge in [-0.3, -0.25) is 13.8 Å². The van der Waals surface area contributed by atoms with E-state index in [0.717, 1.165) is 0 Å². The van der Waals surface area contributed by atoms with E-state index in [2.05, 4.69) is 0 Å². The normalized spacial score (nSPS) is 14.7. The van der Waals surface area contributed by atoms with Crippen molar-refractivity contribution in [2.24, 2.45) is 0 Å². The summed E-state index contributed by atoms with van der Waals surface area (Å²) in [5.41, 5.74) is 0. The highest BCUT2D eigenvalue weighted by molar-refractivity contribution is 7.87. The molecule has 0 rings (SSSR count). The molecule has 0 aromatic heterocycles. The number of carbonyl (C=O) groups is 2. The highest BCUT2D eigenvalue weighted by atomic mass is 32.2. The van der Waals surface area contributed by atoms with Crippen molar-refractivity contribution in [3.63, 3.8) is 0 Å². The Kier molecular flexibility index (Phi) is 4.61. The van der Waals surface area contributed by atoms with Crippen LogP contribution >= 0.6 is 0 Å². The van der Waals surface area contributed by atoms with Crippen LogP contribution in [0, 0.1) is 0 Å². The van der Waals surface area contributed by atoms with Gasteiger partial charge in [0, 0.05) is 24.9 Å². The fraction of sp³-hybridized carbons (Fsp3) is 0.714. The quantitative estimate of drug-likeness (QED) is 0.661. The molecule has 0 radical (unpaired) electrons. The number of hydrogen-bond acceptors (Lipinski definition) is 3. The second kappa shape index (κ2) is 4.96. The molecule has 0 spiro atoms. The van der Waals surface area contributed by atoms with Crippen molar-refractivity contribution in [1.29, 1.82) is 0 Å². The number of carboxylic acids is 1. The number of hydrogen-bond donors (Lipinski definition) is 1. The predicted octanol–water partition coefficient (Wildman–Crippen LogP) is -0.704. The van der Waals surface area contributed by atoms with E-state index in [4.69, 9.17) is 5.11 Å². The minimum absolute atomic E-state index is 0.236. The first kappa shape index (κ1) is 12.1. The first-order valence-corrected chi connectivity index (χ1v) is 5.04. The SMILES string of the molecule is CC(C(=O)O)S(=O)CC(=O)N(C)C. The molecule has 13 heavy (non-hydrogen) atoms. The summed E-state index contributed by atoms with van der Waals surface area (Å²) in [7, 11) is 1.43. The van der Waals surface area contributed by atoms with Crippen LogP contribution in [-0.2, 0) is 20.4 Å². The van der Waals surface area contributed by atoms with Gasteiger partial charge in [0.05, 0.1) is 0 Å². The van der Waals surface area contributed by atoms with Crippen LogP contribution in [0.3, 0.4) is 0 Å². The van der Waals surface area contributed by atoms with E-state index in [1.165, 1.54) is 25.9 Å². The first-order chi connectivity index (χ1) is 5.86. The summed E-state index contributed by atoms with van der Waals surface area (Å²) in [6.07, 6.45) is 0. The minimum Gasteiger partial charge on any atom is -0.480 e. The van der Waals surface area contributed by atoms with Crippen molar-refractivity contribution in [3.8, 4) is 0 Å². The van der Waals surface area contributed by atoms with Crippen molar-refractivity contribution in [2.75, 3.05) is 19.8 Å². The summed E-state index contributed by atoms with van der Waals surface area (Å²) in [5, 5.41) is 7.49. The van der Waals surface area contributed by atoms with Crippen molar-refractivity contribution in [1.82, 2.24) is 4.90 Å². The molecule has 1 N–H and O–H groups in total. The molecule has 0 bridgehead atoms. The highest BCUT2D eigenvalue weighted by Gasteiger charge is 2.21. The molecular weight excluding hydrogens is 194 g/mol. The molecule has 0 heterocycles. The molecule has 2 unspecified atom stereocenters. The van der Waals surface area contributed by atoms with E-state index < -0.39 is 22.0 Å². The third-order valence-corrected chi connectivity index (χ3v) is 3.03. The fourth-order valence-electron chi connectivity index (χ4n) is 0.488. The van der Waals surface area contributed by atoms with Crippen LogP contribution in [0.5, 0.6) is 0 Å². The number of nitrogens with zero attached hydrogens (tertiary/aromatic N) is 1. The lowest BCUT2D eigenvalue weighted by Crippen LogP contribution is -2.32. The molecule has 1 amide bonds. The summed E-state index contributed by atoms with van der Waals surface area (Å²) in [6, 6.07) is 0. The second-order valence-electron chi connectivity index (χ2n) is 2.79. The van der Waals surface area contributed by atoms with Gasteiger partial charge in [0.25, 0.3) is 0 Å². The van der Waals surface area contributed by atoms with Gasteiger partial charge < -0.3 is 10.0 Å². The highest BCUT2D eigenvalue weighted by Crippen LogP contribution is 1.97. The summed E-state index contributed by atoms with van der Waals surface area (Å²) in [6.45, 7) is 1.32. The molecule has 0 aliphatic heterocycles. The minimum atomic E-state index is -1.64. The molecule has 2 atom stereocenters. The summed E-state index contributed by atoms with van der Waals surface area (Å²) >= 11 is 0. The van der Waals surface area contributed by atoms with Crippen molar-refractivity contribution >= 4 is 22.7 Å². The Morgan fingerprint density at radius 3 is 2.23 bits per heavy atom. The Hall–Kier alpha value is -0.910. The molecule has 6 heteroatoms. The van der Waals surface area contributed by atoms with Crippen molar-refractivity contribution in [2.45, 2.75) is 12.2 Å². The Bertz CT molecular complexity index is 239. The largest absolute Gasteiger partial charge is 0.480 e. The van der Waals surface area contributed by atoms with Gasteiger partial charge in [0.1, 0.15) is 11.0 Å². The van der Waals surface area contributed by atoms with E-state index in [1.54, 1.807) is 0 Å². The lowest BCUT2D eigenvalue weighted by molar-refractivity contribution is -0.136. The van der Waals surface area contributed by atoms with E-state index in [9.17, 15) is 13.8 Å². The monoisotopic (exact) mass is 207 g/mol. The molecule has 0 fully saturated rings. The molecule has 0 saturated heterocycles. The van der Waals surface area contributed by atoms with Crippen LogP contribution in [0.4, 0.5) is 0 Å². The predicted molar refractivity (Wildman–Crippen MR) is 48.8 cm³/mol. The van der Waals surface area contributed by atoms with Gasteiger partial charge in [-0.15, -0.1) is 0 Å². The van der Waals surface area contributed by atoms with Crippen LogP contribution in [0.1, 0.15) is 6.92 Å². The fourth-order valence-corrected chi connectivity index (χ4v) is 1.46. The average molecular weight is 207 g/mol. The molecule has 0 aliphatic rings. The van der Waals surface area contributed by atoms with Gasteiger partial charge >= 0.3 is 5.97 Å². The molecule has 5 nitrogen and oxygen atoms in total. The first-order valence-electron chi connectivity index (χ1n) is 3.66. The molecule has 76 valence electrons. The number of aliphatic carboxylic acids is 1. The maximum absolute atomic E-state index is 11.2. The van der Waals surface area contributed by atoms with Gasteiger partial charge in [-0.2, -0.15) is 0 Å². The third kappa shape index (κ3) is 4.02. The topological polar surface area (TPSA) is 74.7 Å². The molecule has 0 aliphatic carbocycles. The maximum Gasteiger partial charge on any atom is 0.318 e. The van der Waals surface area contributed by atoms with Gasteiger partial charge in [-0.25, -0.2) is 0 Å². The van der Waals surface area contributed by atoms with Crippen LogP contribution in [-0.4, -0.2) is 51.2 Å². The van der Waals surface area contributed by atoms with Crippen LogP contribution in [0.15, 0.2) is 0 Å². The Balaban J connectivity index is 4.16. The summed E-state index contributed by atoms with van der Waals surface area (Å²) in [5.74, 6) is -1.71. The number of amides is 1. The Labute approximate surface area is 79.2 Å². The molecular formula is C7H13NO4S. The standard InChI is InChI=1S/C7H13NO4S/c1-5(7(10)11)13(12)4-6(9)8(2)3/h5H,4H2,1-3H3,(H,10,11). The number of carboxylic acid groups (broad SMARTS) is 1. The number of rotatable bonds is 4.